The zero-order chi connectivity index (χ0) is 8.10. The first kappa shape index (κ1) is 8.97. The van der Waals surface area contributed by atoms with Gasteiger partial charge in [-0.05, 0) is 13.5 Å². The predicted molar refractivity (Wildman–Crippen MR) is 45.3 cm³/mol. The Morgan fingerprint density at radius 1 is 1.18 bits per heavy atom. The molecule has 0 radical (unpaired) electrons. The number of likely N-dealkylation sites (N-methyl/N-ethyl adjacent to an activating group) is 1. The molecule has 1 fully saturated rings. The Morgan fingerprint density at radius 2 is 1.91 bits per heavy atom. The van der Waals surface area contributed by atoms with E-state index in [1.54, 1.807) is 0 Å². The van der Waals surface area contributed by atoms with Gasteiger partial charge in [-0.2, -0.15) is 0 Å². The summed E-state index contributed by atoms with van der Waals surface area (Å²) >= 11 is 0. The summed E-state index contributed by atoms with van der Waals surface area (Å²) in [6.07, 6.45) is 0. The maximum atomic E-state index is 5.31. The number of hydrogen-bond acceptors (Lipinski definition) is 3. The van der Waals surface area contributed by atoms with Gasteiger partial charge >= 0.3 is 0 Å². The SMILES string of the molecule is CCOCN1CCN(CC)C1. The number of nitrogens with zero attached hydrogens (tertiary/aromatic N) is 2. The maximum absolute atomic E-state index is 5.31. The Labute approximate surface area is 68.9 Å². The van der Waals surface area contributed by atoms with Crippen molar-refractivity contribution in [3.63, 3.8) is 0 Å². The first-order valence-corrected chi connectivity index (χ1v) is 4.39. The fourth-order valence-corrected chi connectivity index (χ4v) is 1.29. The molecule has 0 amide bonds. The normalized spacial score (nSPS) is 21.3. The van der Waals surface area contributed by atoms with Crippen LogP contribution in [0.4, 0.5) is 0 Å². The molecule has 0 spiro atoms. The van der Waals surface area contributed by atoms with Crippen molar-refractivity contribution in [1.29, 1.82) is 0 Å². The van der Waals surface area contributed by atoms with Gasteiger partial charge in [-0.1, -0.05) is 6.92 Å². The zero-order valence-corrected chi connectivity index (χ0v) is 7.55. The van der Waals surface area contributed by atoms with Crippen LogP contribution in [0.2, 0.25) is 0 Å². The van der Waals surface area contributed by atoms with Crippen LogP contribution >= 0.6 is 0 Å². The Morgan fingerprint density at radius 3 is 2.45 bits per heavy atom. The summed E-state index contributed by atoms with van der Waals surface area (Å²) in [5.74, 6) is 0. The van der Waals surface area contributed by atoms with Crippen molar-refractivity contribution >= 4 is 0 Å². The van der Waals surface area contributed by atoms with Gasteiger partial charge in [0.15, 0.2) is 0 Å². The molecule has 0 unspecified atom stereocenters. The van der Waals surface area contributed by atoms with Crippen molar-refractivity contribution in [3.05, 3.63) is 0 Å². The highest BCUT2D eigenvalue weighted by molar-refractivity contribution is 4.66. The van der Waals surface area contributed by atoms with Gasteiger partial charge in [-0.3, -0.25) is 9.80 Å². The number of hydrogen-bond donors (Lipinski definition) is 0. The molecule has 66 valence electrons. The van der Waals surface area contributed by atoms with Crippen LogP contribution in [0.25, 0.3) is 0 Å². The molecule has 0 aromatic rings. The molecule has 3 heteroatoms. The minimum absolute atomic E-state index is 0.799. The molecule has 0 N–H and O–H groups in total. The average molecular weight is 158 g/mol. The van der Waals surface area contributed by atoms with Crippen molar-refractivity contribution in [1.82, 2.24) is 9.80 Å². The standard InChI is InChI=1S/C8H18N2O/c1-3-9-5-6-10(7-9)8-11-4-2/h3-8H2,1-2H3. The summed E-state index contributed by atoms with van der Waals surface area (Å²) in [6, 6.07) is 0. The molecule has 0 aliphatic carbocycles. The molecular weight excluding hydrogens is 140 g/mol. The summed E-state index contributed by atoms with van der Waals surface area (Å²) in [7, 11) is 0. The Hall–Kier alpha value is -0.120. The minimum Gasteiger partial charge on any atom is -0.366 e. The second-order valence-corrected chi connectivity index (χ2v) is 2.87. The van der Waals surface area contributed by atoms with E-state index in [0.717, 1.165) is 33.1 Å². The van der Waals surface area contributed by atoms with Gasteiger partial charge in [0.1, 0.15) is 6.73 Å². The molecular formula is C8H18N2O. The molecule has 0 aromatic heterocycles. The van der Waals surface area contributed by atoms with E-state index in [1.807, 2.05) is 6.92 Å². The van der Waals surface area contributed by atoms with Gasteiger partial charge in [0.05, 0.1) is 6.67 Å². The fourth-order valence-electron chi connectivity index (χ4n) is 1.29. The third-order valence-corrected chi connectivity index (χ3v) is 2.06. The van der Waals surface area contributed by atoms with Crippen molar-refractivity contribution < 1.29 is 4.74 Å². The highest BCUT2D eigenvalue weighted by atomic mass is 16.5. The quantitative estimate of drug-likeness (QED) is 0.595. The largest absolute Gasteiger partial charge is 0.366 e. The van der Waals surface area contributed by atoms with Crippen LogP contribution in [0.1, 0.15) is 13.8 Å². The first-order valence-electron chi connectivity index (χ1n) is 4.39. The summed E-state index contributed by atoms with van der Waals surface area (Å²) in [4.78, 5) is 4.74. The smallest absolute Gasteiger partial charge is 0.100 e. The molecule has 0 atom stereocenters. The van der Waals surface area contributed by atoms with Crippen molar-refractivity contribution in [2.75, 3.05) is 39.6 Å². The van der Waals surface area contributed by atoms with E-state index in [4.69, 9.17) is 4.74 Å². The van der Waals surface area contributed by atoms with Crippen LogP contribution in [-0.4, -0.2) is 49.4 Å². The number of ether oxygens (including phenoxy) is 1. The number of rotatable bonds is 4. The Kier molecular flexibility index (Phi) is 3.83. The van der Waals surface area contributed by atoms with Gasteiger partial charge in [0.25, 0.3) is 0 Å². The van der Waals surface area contributed by atoms with E-state index in [0.29, 0.717) is 0 Å². The molecule has 3 nitrogen and oxygen atoms in total. The van der Waals surface area contributed by atoms with Gasteiger partial charge in [0.2, 0.25) is 0 Å². The van der Waals surface area contributed by atoms with Crippen molar-refractivity contribution in [2.45, 2.75) is 13.8 Å². The summed E-state index contributed by atoms with van der Waals surface area (Å²) in [5.41, 5.74) is 0. The van der Waals surface area contributed by atoms with E-state index < -0.39 is 0 Å². The molecule has 1 rings (SSSR count). The lowest BCUT2D eigenvalue weighted by Crippen LogP contribution is -2.27. The van der Waals surface area contributed by atoms with Gasteiger partial charge in [-0.25, -0.2) is 0 Å². The monoisotopic (exact) mass is 158 g/mol. The minimum atomic E-state index is 0.799. The van der Waals surface area contributed by atoms with Crippen LogP contribution in [0.5, 0.6) is 0 Å². The second kappa shape index (κ2) is 4.70. The van der Waals surface area contributed by atoms with Crippen molar-refractivity contribution in [2.24, 2.45) is 0 Å². The maximum Gasteiger partial charge on any atom is 0.100 e. The van der Waals surface area contributed by atoms with E-state index in [9.17, 15) is 0 Å². The molecule has 1 heterocycles. The molecule has 1 saturated heterocycles. The lowest BCUT2D eigenvalue weighted by molar-refractivity contribution is 0.0404. The Balaban J connectivity index is 2.09. The zero-order valence-electron chi connectivity index (χ0n) is 7.55. The summed E-state index contributed by atoms with van der Waals surface area (Å²) in [5, 5.41) is 0. The average Bonchev–Trinajstić information content (AvgIpc) is 2.48. The van der Waals surface area contributed by atoms with Crippen LogP contribution in [0, 0.1) is 0 Å². The molecule has 0 bridgehead atoms. The van der Waals surface area contributed by atoms with E-state index in [-0.39, 0.29) is 0 Å². The summed E-state index contributed by atoms with van der Waals surface area (Å²) in [6.45, 7) is 10.4. The van der Waals surface area contributed by atoms with Crippen LogP contribution in [-0.2, 0) is 4.74 Å². The molecule has 11 heavy (non-hydrogen) atoms. The molecule has 1 aliphatic heterocycles. The molecule has 0 aromatic carbocycles. The fraction of sp³-hybridized carbons (Fsp3) is 1.00. The van der Waals surface area contributed by atoms with Gasteiger partial charge in [0, 0.05) is 19.7 Å². The van der Waals surface area contributed by atoms with Crippen LogP contribution in [0.15, 0.2) is 0 Å². The first-order chi connectivity index (χ1) is 5.36. The third kappa shape index (κ3) is 2.77. The lowest BCUT2D eigenvalue weighted by atomic mass is 10.6. The predicted octanol–water partition coefficient (Wildman–Crippen LogP) is 0.575. The van der Waals surface area contributed by atoms with E-state index in [2.05, 4.69) is 16.7 Å². The van der Waals surface area contributed by atoms with Gasteiger partial charge in [-0.15, -0.1) is 0 Å². The second-order valence-electron chi connectivity index (χ2n) is 2.87. The van der Waals surface area contributed by atoms with E-state index >= 15 is 0 Å². The lowest BCUT2D eigenvalue weighted by Gasteiger charge is -2.15. The highest BCUT2D eigenvalue weighted by Gasteiger charge is 2.17. The highest BCUT2D eigenvalue weighted by Crippen LogP contribution is 2.02. The van der Waals surface area contributed by atoms with Crippen LogP contribution in [0.3, 0.4) is 0 Å². The molecule has 0 saturated carbocycles. The van der Waals surface area contributed by atoms with Crippen molar-refractivity contribution in [3.8, 4) is 0 Å². The van der Waals surface area contributed by atoms with Crippen LogP contribution < -0.4 is 0 Å². The summed E-state index contributed by atoms with van der Waals surface area (Å²) < 4.78 is 5.31. The van der Waals surface area contributed by atoms with Gasteiger partial charge < -0.3 is 4.74 Å². The molecule has 1 aliphatic rings. The van der Waals surface area contributed by atoms with E-state index in [1.165, 1.54) is 6.54 Å². The topological polar surface area (TPSA) is 15.7 Å². The Bertz CT molecular complexity index is 108. The third-order valence-electron chi connectivity index (χ3n) is 2.06.